The number of hydrogen-bond acceptors (Lipinski definition) is 5. The van der Waals surface area contributed by atoms with Gasteiger partial charge >= 0.3 is 5.97 Å². The van der Waals surface area contributed by atoms with E-state index in [0.717, 1.165) is 11.3 Å². The Hall–Kier alpha value is -2.50. The molecule has 0 bridgehead atoms. The molecule has 0 saturated carbocycles. The number of aryl methyl sites for hydroxylation is 1. The minimum Gasteiger partial charge on any atom is -0.465 e. The molecule has 2 rings (SSSR count). The standard InChI is InChI=1S/C13H16N4O2/c1-8-5-4-6-9(7-8)17-11(14)10(13(18)19-3)12(15-2)16-17/h4-7H,14H2,1-3H3,(H,15,16). The molecular weight excluding hydrogens is 244 g/mol. The van der Waals surface area contributed by atoms with Gasteiger partial charge in [-0.2, -0.15) is 0 Å². The number of carbonyl (C=O) groups excluding carboxylic acids is 1. The Balaban J connectivity index is 2.60. The minimum atomic E-state index is -0.513. The van der Waals surface area contributed by atoms with E-state index >= 15 is 0 Å². The fourth-order valence-electron chi connectivity index (χ4n) is 1.87. The summed E-state index contributed by atoms with van der Waals surface area (Å²) < 4.78 is 6.24. The third-order valence-electron chi connectivity index (χ3n) is 2.79. The van der Waals surface area contributed by atoms with Gasteiger partial charge in [-0.1, -0.05) is 12.1 Å². The summed E-state index contributed by atoms with van der Waals surface area (Å²) in [5.74, 6) is 0.133. The lowest BCUT2D eigenvalue weighted by atomic mass is 10.2. The van der Waals surface area contributed by atoms with Crippen molar-refractivity contribution < 1.29 is 9.53 Å². The van der Waals surface area contributed by atoms with Crippen LogP contribution >= 0.6 is 0 Å². The average Bonchev–Trinajstić information content (AvgIpc) is 2.75. The molecule has 0 aliphatic heterocycles. The van der Waals surface area contributed by atoms with Crippen LogP contribution in [0.4, 0.5) is 11.6 Å². The van der Waals surface area contributed by atoms with E-state index in [2.05, 4.69) is 10.4 Å². The minimum absolute atomic E-state index is 0.242. The number of rotatable bonds is 3. The van der Waals surface area contributed by atoms with Crippen molar-refractivity contribution in [3.05, 3.63) is 35.4 Å². The Morgan fingerprint density at radius 1 is 1.47 bits per heavy atom. The van der Waals surface area contributed by atoms with Crippen molar-refractivity contribution in [1.82, 2.24) is 9.78 Å². The Kier molecular flexibility index (Phi) is 3.41. The van der Waals surface area contributed by atoms with E-state index in [1.807, 2.05) is 31.2 Å². The lowest BCUT2D eigenvalue weighted by Gasteiger charge is -2.05. The molecule has 6 heteroatoms. The number of anilines is 2. The summed E-state index contributed by atoms with van der Waals surface area (Å²) in [4.78, 5) is 11.7. The summed E-state index contributed by atoms with van der Waals surface area (Å²) in [6.45, 7) is 1.98. The van der Waals surface area contributed by atoms with Gasteiger partial charge in [0.1, 0.15) is 11.4 Å². The first kappa shape index (κ1) is 12.9. The number of nitrogen functional groups attached to an aromatic ring is 1. The van der Waals surface area contributed by atoms with Crippen LogP contribution in [-0.2, 0) is 4.74 Å². The SMILES string of the molecule is CNc1nn(-c2cccc(C)c2)c(N)c1C(=O)OC. The van der Waals surface area contributed by atoms with Crippen molar-refractivity contribution in [3.8, 4) is 5.69 Å². The van der Waals surface area contributed by atoms with Gasteiger partial charge in [-0.25, -0.2) is 9.48 Å². The molecule has 1 aromatic carbocycles. The average molecular weight is 260 g/mol. The number of nitrogens with zero attached hydrogens (tertiary/aromatic N) is 2. The summed E-state index contributed by atoms with van der Waals surface area (Å²) in [5.41, 5.74) is 8.12. The van der Waals surface area contributed by atoms with Gasteiger partial charge in [-0.15, -0.1) is 5.10 Å². The smallest absolute Gasteiger partial charge is 0.345 e. The molecule has 19 heavy (non-hydrogen) atoms. The largest absolute Gasteiger partial charge is 0.465 e. The van der Waals surface area contributed by atoms with Gasteiger partial charge in [0.15, 0.2) is 5.82 Å². The molecule has 100 valence electrons. The van der Waals surface area contributed by atoms with Crippen molar-refractivity contribution in [2.45, 2.75) is 6.92 Å². The van der Waals surface area contributed by atoms with Crippen LogP contribution in [0.5, 0.6) is 0 Å². The van der Waals surface area contributed by atoms with Crippen LogP contribution in [-0.4, -0.2) is 29.9 Å². The van der Waals surface area contributed by atoms with Crippen molar-refractivity contribution in [3.63, 3.8) is 0 Å². The first-order valence-corrected chi connectivity index (χ1v) is 5.80. The molecule has 0 atom stereocenters. The van der Waals surface area contributed by atoms with Crippen LogP contribution < -0.4 is 11.1 Å². The van der Waals surface area contributed by atoms with Crippen molar-refractivity contribution in [2.24, 2.45) is 0 Å². The van der Waals surface area contributed by atoms with Crippen LogP contribution in [0.25, 0.3) is 5.69 Å². The van der Waals surface area contributed by atoms with Crippen LogP contribution in [0.15, 0.2) is 24.3 Å². The van der Waals surface area contributed by atoms with Crippen LogP contribution in [0, 0.1) is 6.92 Å². The summed E-state index contributed by atoms with van der Waals surface area (Å²) in [7, 11) is 2.99. The molecule has 6 nitrogen and oxygen atoms in total. The molecule has 0 fully saturated rings. The van der Waals surface area contributed by atoms with E-state index < -0.39 is 5.97 Å². The zero-order valence-electron chi connectivity index (χ0n) is 11.1. The topological polar surface area (TPSA) is 82.2 Å². The third-order valence-corrected chi connectivity index (χ3v) is 2.79. The second-order valence-corrected chi connectivity index (χ2v) is 4.10. The molecule has 0 unspecified atom stereocenters. The van der Waals surface area contributed by atoms with Crippen molar-refractivity contribution >= 4 is 17.6 Å². The normalized spacial score (nSPS) is 10.3. The maximum absolute atomic E-state index is 11.7. The molecule has 0 saturated heterocycles. The number of nitrogens with one attached hydrogen (secondary N) is 1. The Morgan fingerprint density at radius 2 is 2.21 bits per heavy atom. The van der Waals surface area contributed by atoms with Crippen molar-refractivity contribution in [2.75, 3.05) is 25.2 Å². The van der Waals surface area contributed by atoms with Gasteiger partial charge in [0, 0.05) is 7.05 Å². The molecule has 1 heterocycles. The molecule has 0 amide bonds. The monoisotopic (exact) mass is 260 g/mol. The highest BCUT2D eigenvalue weighted by molar-refractivity contribution is 5.99. The van der Waals surface area contributed by atoms with Gasteiger partial charge in [0.05, 0.1) is 12.8 Å². The van der Waals surface area contributed by atoms with Gasteiger partial charge in [-0.3, -0.25) is 0 Å². The second-order valence-electron chi connectivity index (χ2n) is 4.10. The number of benzene rings is 1. The lowest BCUT2D eigenvalue weighted by molar-refractivity contribution is 0.0603. The molecule has 0 aliphatic rings. The van der Waals surface area contributed by atoms with Crippen LogP contribution in [0.3, 0.4) is 0 Å². The highest BCUT2D eigenvalue weighted by atomic mass is 16.5. The molecule has 0 spiro atoms. The number of esters is 1. The summed E-state index contributed by atoms with van der Waals surface area (Å²) in [6, 6.07) is 7.69. The Bertz CT molecular complexity index is 619. The maximum Gasteiger partial charge on any atom is 0.345 e. The van der Waals surface area contributed by atoms with Gasteiger partial charge < -0.3 is 15.8 Å². The van der Waals surface area contributed by atoms with Gasteiger partial charge in [0.25, 0.3) is 0 Å². The predicted molar refractivity (Wildman–Crippen MR) is 73.6 cm³/mol. The van der Waals surface area contributed by atoms with Crippen LogP contribution in [0.2, 0.25) is 0 Å². The molecule has 3 N–H and O–H groups in total. The fraction of sp³-hybridized carbons (Fsp3) is 0.231. The third kappa shape index (κ3) is 2.24. The Morgan fingerprint density at radius 3 is 2.79 bits per heavy atom. The number of hydrogen-bond donors (Lipinski definition) is 2. The van der Waals surface area contributed by atoms with E-state index in [-0.39, 0.29) is 11.4 Å². The number of methoxy groups -OCH3 is 1. The lowest BCUT2D eigenvalue weighted by Crippen LogP contribution is -2.08. The Labute approximate surface area is 111 Å². The highest BCUT2D eigenvalue weighted by Gasteiger charge is 2.22. The second kappa shape index (κ2) is 5.01. The number of aromatic nitrogens is 2. The molecule has 0 radical (unpaired) electrons. The van der Waals surface area contributed by atoms with E-state index in [0.29, 0.717) is 5.82 Å². The molecule has 2 aromatic rings. The predicted octanol–water partition coefficient (Wildman–Crippen LogP) is 1.59. The molecule has 1 aromatic heterocycles. The summed E-state index contributed by atoms with van der Waals surface area (Å²) >= 11 is 0. The van der Waals surface area contributed by atoms with E-state index in [1.165, 1.54) is 11.8 Å². The summed E-state index contributed by atoms with van der Waals surface area (Å²) in [6.07, 6.45) is 0. The summed E-state index contributed by atoms with van der Waals surface area (Å²) in [5, 5.41) is 7.13. The van der Waals surface area contributed by atoms with Gasteiger partial charge in [-0.05, 0) is 24.6 Å². The van der Waals surface area contributed by atoms with E-state index in [4.69, 9.17) is 10.5 Å². The maximum atomic E-state index is 11.7. The highest BCUT2D eigenvalue weighted by Crippen LogP contribution is 2.25. The number of ether oxygens (including phenoxy) is 1. The first-order valence-electron chi connectivity index (χ1n) is 5.80. The zero-order valence-corrected chi connectivity index (χ0v) is 11.1. The number of nitrogens with two attached hydrogens (primary N) is 1. The molecular formula is C13H16N4O2. The van der Waals surface area contributed by atoms with Crippen molar-refractivity contribution in [1.29, 1.82) is 0 Å². The van der Waals surface area contributed by atoms with Gasteiger partial charge in [0.2, 0.25) is 0 Å². The fourth-order valence-corrected chi connectivity index (χ4v) is 1.87. The first-order chi connectivity index (χ1) is 9.08. The van der Waals surface area contributed by atoms with E-state index in [1.54, 1.807) is 7.05 Å². The zero-order chi connectivity index (χ0) is 14.0. The molecule has 0 aliphatic carbocycles. The number of carbonyl (C=O) groups is 1. The van der Waals surface area contributed by atoms with Crippen LogP contribution in [0.1, 0.15) is 15.9 Å². The quantitative estimate of drug-likeness (QED) is 0.819. The van der Waals surface area contributed by atoms with E-state index in [9.17, 15) is 4.79 Å².